The number of ether oxygens (including phenoxy) is 1. The number of hydrogen-bond donors (Lipinski definition) is 1. The summed E-state index contributed by atoms with van der Waals surface area (Å²) in [4.78, 5) is 23.6. The maximum atomic E-state index is 12.3. The van der Waals surface area contributed by atoms with E-state index < -0.39 is 11.4 Å². The first-order valence-corrected chi connectivity index (χ1v) is 9.43. The van der Waals surface area contributed by atoms with Crippen LogP contribution in [0.25, 0.3) is 11.0 Å². The second-order valence-corrected chi connectivity index (χ2v) is 7.36. The summed E-state index contributed by atoms with van der Waals surface area (Å²) in [5.74, 6) is 0.703. The fraction of sp³-hybridized carbons (Fsp3) is 0.318. The highest BCUT2D eigenvalue weighted by Gasteiger charge is 2.43. The number of para-hydroxylation sites is 2. The number of carboxylic acids is 1. The molecule has 1 saturated heterocycles. The van der Waals surface area contributed by atoms with E-state index in [-0.39, 0.29) is 0 Å². The normalized spacial score (nSPS) is 19.5. The van der Waals surface area contributed by atoms with Gasteiger partial charge in [0.05, 0.1) is 29.8 Å². The molecule has 4 rings (SSSR count). The van der Waals surface area contributed by atoms with Gasteiger partial charge in [0, 0.05) is 13.1 Å². The molecule has 1 aromatic heterocycles. The number of hydrogen-bond acceptors (Lipinski definition) is 5. The molecule has 2 heterocycles. The Bertz CT molecular complexity index is 1010. The van der Waals surface area contributed by atoms with Crippen LogP contribution in [0, 0.1) is 5.41 Å². The lowest BCUT2D eigenvalue weighted by Crippen LogP contribution is -2.49. The third kappa shape index (κ3) is 3.50. The van der Waals surface area contributed by atoms with Gasteiger partial charge in [-0.25, -0.2) is 4.98 Å². The number of fused-ring (bicyclic) bond motifs is 1. The number of nitrogens with zero attached hydrogens (tertiary/aromatic N) is 3. The van der Waals surface area contributed by atoms with Crippen molar-refractivity contribution in [1.29, 1.82) is 0 Å². The van der Waals surface area contributed by atoms with Crippen LogP contribution in [0.15, 0.2) is 54.7 Å². The fourth-order valence-electron chi connectivity index (χ4n) is 3.99. The molecular formula is C22H23N3O3. The molecule has 28 heavy (non-hydrogen) atoms. The standard InChI is InChI=1S/C22H23N3O3/c1-28-17-7-4-6-16(12-17)13-22(21(26)27)10-5-11-25(15-22)20-14-23-18-8-2-3-9-19(18)24-20/h2-4,6-9,12,14H,5,10-11,13,15H2,1H3,(H,26,27). The molecule has 2 aromatic carbocycles. The monoisotopic (exact) mass is 377 g/mol. The first-order chi connectivity index (χ1) is 13.6. The third-order valence-corrected chi connectivity index (χ3v) is 5.47. The summed E-state index contributed by atoms with van der Waals surface area (Å²) in [5, 5.41) is 10.1. The van der Waals surface area contributed by atoms with E-state index in [1.54, 1.807) is 13.3 Å². The summed E-state index contributed by atoms with van der Waals surface area (Å²) in [7, 11) is 1.62. The van der Waals surface area contributed by atoms with Gasteiger partial charge in [0.1, 0.15) is 11.6 Å². The second kappa shape index (κ2) is 7.46. The van der Waals surface area contributed by atoms with Crippen LogP contribution in [-0.2, 0) is 11.2 Å². The van der Waals surface area contributed by atoms with E-state index in [2.05, 4.69) is 9.88 Å². The van der Waals surface area contributed by atoms with Gasteiger partial charge in [0.25, 0.3) is 0 Å². The average molecular weight is 377 g/mol. The zero-order valence-electron chi connectivity index (χ0n) is 15.8. The Morgan fingerprint density at radius 2 is 2.04 bits per heavy atom. The lowest BCUT2D eigenvalue weighted by atomic mass is 9.75. The predicted molar refractivity (Wildman–Crippen MR) is 108 cm³/mol. The third-order valence-electron chi connectivity index (χ3n) is 5.47. The molecule has 0 aliphatic carbocycles. The van der Waals surface area contributed by atoms with E-state index in [0.717, 1.165) is 41.1 Å². The zero-order valence-corrected chi connectivity index (χ0v) is 15.8. The molecule has 0 saturated carbocycles. The van der Waals surface area contributed by atoms with Crippen molar-refractivity contribution < 1.29 is 14.6 Å². The smallest absolute Gasteiger partial charge is 0.311 e. The number of piperidine rings is 1. The number of carbonyl (C=O) groups is 1. The molecule has 1 aliphatic rings. The van der Waals surface area contributed by atoms with Gasteiger partial charge in [-0.15, -0.1) is 0 Å². The SMILES string of the molecule is COc1cccc(CC2(C(=O)O)CCCN(c3cnc4ccccc4n3)C2)c1. The van der Waals surface area contributed by atoms with E-state index in [1.807, 2.05) is 48.5 Å². The molecule has 0 bridgehead atoms. The largest absolute Gasteiger partial charge is 0.497 e. The maximum Gasteiger partial charge on any atom is 0.311 e. The molecule has 144 valence electrons. The second-order valence-electron chi connectivity index (χ2n) is 7.36. The maximum absolute atomic E-state index is 12.3. The van der Waals surface area contributed by atoms with Gasteiger partial charge >= 0.3 is 5.97 Å². The summed E-state index contributed by atoms with van der Waals surface area (Å²) in [6.07, 6.45) is 3.63. The van der Waals surface area contributed by atoms with Gasteiger partial charge in [-0.05, 0) is 49.1 Å². The van der Waals surface area contributed by atoms with E-state index in [1.165, 1.54) is 0 Å². The Morgan fingerprint density at radius 3 is 2.82 bits per heavy atom. The van der Waals surface area contributed by atoms with Crippen molar-refractivity contribution in [3.63, 3.8) is 0 Å². The summed E-state index contributed by atoms with van der Waals surface area (Å²) in [6, 6.07) is 15.4. The Morgan fingerprint density at radius 1 is 1.21 bits per heavy atom. The van der Waals surface area contributed by atoms with Crippen LogP contribution in [-0.4, -0.2) is 41.2 Å². The van der Waals surface area contributed by atoms with Gasteiger partial charge in [0.15, 0.2) is 0 Å². The Kier molecular flexibility index (Phi) is 4.86. The Hall–Kier alpha value is -3.15. The number of benzene rings is 2. The first kappa shape index (κ1) is 18.2. The van der Waals surface area contributed by atoms with E-state index in [9.17, 15) is 9.90 Å². The molecule has 1 N–H and O–H groups in total. The van der Waals surface area contributed by atoms with E-state index in [0.29, 0.717) is 19.4 Å². The van der Waals surface area contributed by atoms with Crippen LogP contribution in [0.5, 0.6) is 5.75 Å². The van der Waals surface area contributed by atoms with Gasteiger partial charge in [-0.1, -0.05) is 24.3 Å². The highest BCUT2D eigenvalue weighted by molar-refractivity contribution is 5.78. The Labute approximate surface area is 163 Å². The number of anilines is 1. The molecule has 0 amide bonds. The topological polar surface area (TPSA) is 75.6 Å². The number of methoxy groups -OCH3 is 1. The van der Waals surface area contributed by atoms with Crippen LogP contribution < -0.4 is 9.64 Å². The molecule has 3 aromatic rings. The van der Waals surface area contributed by atoms with E-state index in [4.69, 9.17) is 9.72 Å². The van der Waals surface area contributed by atoms with Crippen molar-refractivity contribution in [1.82, 2.24) is 9.97 Å². The van der Waals surface area contributed by atoms with E-state index >= 15 is 0 Å². The predicted octanol–water partition coefficient (Wildman–Crippen LogP) is 3.55. The van der Waals surface area contributed by atoms with Crippen LogP contribution in [0.1, 0.15) is 18.4 Å². The molecule has 0 radical (unpaired) electrons. The molecule has 1 unspecified atom stereocenters. The lowest BCUT2D eigenvalue weighted by Gasteiger charge is -2.40. The van der Waals surface area contributed by atoms with Crippen molar-refractivity contribution >= 4 is 22.8 Å². The summed E-state index contributed by atoms with van der Waals surface area (Å²) >= 11 is 0. The number of aliphatic carboxylic acids is 1. The van der Waals surface area contributed by atoms with Crippen molar-refractivity contribution in [3.05, 3.63) is 60.3 Å². The summed E-state index contributed by atoms with van der Waals surface area (Å²) in [5.41, 5.74) is 1.76. The zero-order chi connectivity index (χ0) is 19.6. The molecule has 1 fully saturated rings. The fourth-order valence-corrected chi connectivity index (χ4v) is 3.99. The van der Waals surface area contributed by atoms with Gasteiger partial charge in [-0.2, -0.15) is 0 Å². The van der Waals surface area contributed by atoms with Gasteiger partial charge < -0.3 is 14.7 Å². The highest BCUT2D eigenvalue weighted by atomic mass is 16.5. The van der Waals surface area contributed by atoms with Crippen molar-refractivity contribution in [3.8, 4) is 5.75 Å². The minimum absolute atomic E-state index is 0.409. The van der Waals surface area contributed by atoms with Crippen LogP contribution in [0.4, 0.5) is 5.82 Å². The molecular weight excluding hydrogens is 354 g/mol. The van der Waals surface area contributed by atoms with Gasteiger partial charge in [0.2, 0.25) is 0 Å². The molecule has 6 heteroatoms. The molecule has 6 nitrogen and oxygen atoms in total. The average Bonchev–Trinajstić information content (AvgIpc) is 2.73. The minimum Gasteiger partial charge on any atom is -0.497 e. The molecule has 1 atom stereocenters. The minimum atomic E-state index is -0.863. The van der Waals surface area contributed by atoms with Crippen molar-refractivity contribution in [2.24, 2.45) is 5.41 Å². The lowest BCUT2D eigenvalue weighted by molar-refractivity contribution is -0.149. The van der Waals surface area contributed by atoms with Crippen molar-refractivity contribution in [2.45, 2.75) is 19.3 Å². The number of carboxylic acid groups (broad SMARTS) is 1. The quantitative estimate of drug-likeness (QED) is 0.733. The van der Waals surface area contributed by atoms with Gasteiger partial charge in [-0.3, -0.25) is 9.78 Å². The number of aromatic nitrogens is 2. The van der Waals surface area contributed by atoms with Crippen LogP contribution in [0.2, 0.25) is 0 Å². The van der Waals surface area contributed by atoms with Crippen molar-refractivity contribution in [2.75, 3.05) is 25.1 Å². The van der Waals surface area contributed by atoms with Crippen LogP contribution >= 0.6 is 0 Å². The summed E-state index contributed by atoms with van der Waals surface area (Å²) in [6.45, 7) is 1.19. The van der Waals surface area contributed by atoms with Crippen LogP contribution in [0.3, 0.4) is 0 Å². The Balaban J connectivity index is 1.63. The molecule has 1 aliphatic heterocycles. The highest BCUT2D eigenvalue weighted by Crippen LogP contribution is 2.36. The molecule has 0 spiro atoms. The first-order valence-electron chi connectivity index (χ1n) is 9.43. The summed E-state index contributed by atoms with van der Waals surface area (Å²) < 4.78 is 5.29. The number of rotatable bonds is 5.